The second-order valence-corrected chi connectivity index (χ2v) is 5.80. The summed E-state index contributed by atoms with van der Waals surface area (Å²) < 4.78 is 13.7. The third-order valence-corrected chi connectivity index (χ3v) is 4.51. The van der Waals surface area contributed by atoms with Crippen molar-refractivity contribution in [3.8, 4) is 0 Å². The summed E-state index contributed by atoms with van der Waals surface area (Å²) in [7, 11) is 0. The number of aliphatic hydroxyl groups is 1. The predicted molar refractivity (Wildman–Crippen MR) is 83.0 cm³/mol. The van der Waals surface area contributed by atoms with Gasteiger partial charge in [-0.1, -0.05) is 43.8 Å². The van der Waals surface area contributed by atoms with Gasteiger partial charge >= 0.3 is 0 Å². The second-order valence-electron chi connectivity index (χ2n) is 5.80. The Balaban J connectivity index is 2.22. The van der Waals surface area contributed by atoms with E-state index >= 15 is 0 Å². The molecule has 1 aliphatic carbocycles. The normalized spacial score (nSPS) is 20.3. The first-order chi connectivity index (χ1) is 10.1. The molecule has 0 bridgehead atoms. The lowest BCUT2D eigenvalue weighted by Crippen LogP contribution is -2.13. The number of hydrogen-bond acceptors (Lipinski definition) is 1. The standard InChI is InChI=1S/C19H19FO/c1-12(11-21)19-13(2)18-10-16(20)8-7-15(18)9-14-5-3-4-6-17(14)19/h3-8,10,13,19,21H,1,9,11H2,2H3/t13-,19+/m1/s1. The molecule has 2 aromatic rings. The fourth-order valence-electron chi connectivity index (χ4n) is 3.48. The monoisotopic (exact) mass is 282 g/mol. The SMILES string of the molecule is C=C(CO)[C@@H]1c2ccccc2Cc2ccc(F)cc2[C@H]1C. The molecular formula is C19H19FO. The Labute approximate surface area is 124 Å². The molecule has 0 unspecified atom stereocenters. The van der Waals surface area contributed by atoms with Crippen molar-refractivity contribution < 1.29 is 9.50 Å². The summed E-state index contributed by atoms with van der Waals surface area (Å²) in [5.41, 5.74) is 5.39. The van der Waals surface area contributed by atoms with Crippen LogP contribution in [0, 0.1) is 5.82 Å². The molecule has 0 heterocycles. The van der Waals surface area contributed by atoms with E-state index in [1.807, 2.05) is 18.2 Å². The summed E-state index contributed by atoms with van der Waals surface area (Å²) in [6.45, 7) is 6.08. The van der Waals surface area contributed by atoms with Gasteiger partial charge in [0.05, 0.1) is 6.61 Å². The van der Waals surface area contributed by atoms with Crippen molar-refractivity contribution in [2.75, 3.05) is 6.61 Å². The van der Waals surface area contributed by atoms with Crippen LogP contribution in [0.1, 0.15) is 41.0 Å². The molecule has 21 heavy (non-hydrogen) atoms. The molecule has 0 radical (unpaired) electrons. The van der Waals surface area contributed by atoms with Crippen LogP contribution in [0.4, 0.5) is 4.39 Å². The van der Waals surface area contributed by atoms with Crippen LogP contribution in [0.2, 0.25) is 0 Å². The Bertz CT molecular complexity index is 690. The molecule has 0 saturated carbocycles. The van der Waals surface area contributed by atoms with Crippen molar-refractivity contribution in [2.24, 2.45) is 0 Å². The van der Waals surface area contributed by atoms with E-state index in [4.69, 9.17) is 0 Å². The van der Waals surface area contributed by atoms with Crippen LogP contribution in [0.5, 0.6) is 0 Å². The summed E-state index contributed by atoms with van der Waals surface area (Å²) in [5.74, 6) is -0.0897. The molecule has 0 aliphatic heterocycles. The minimum Gasteiger partial charge on any atom is -0.392 e. The van der Waals surface area contributed by atoms with Crippen molar-refractivity contribution >= 4 is 0 Å². The van der Waals surface area contributed by atoms with Gasteiger partial charge in [-0.3, -0.25) is 0 Å². The lowest BCUT2D eigenvalue weighted by Gasteiger charge is -2.26. The average molecular weight is 282 g/mol. The van der Waals surface area contributed by atoms with Gasteiger partial charge in [-0.15, -0.1) is 0 Å². The number of aliphatic hydroxyl groups excluding tert-OH is 1. The first kappa shape index (κ1) is 14.0. The van der Waals surface area contributed by atoms with E-state index in [0.717, 1.165) is 23.1 Å². The number of rotatable bonds is 2. The highest BCUT2D eigenvalue weighted by atomic mass is 19.1. The molecule has 3 rings (SSSR count). The van der Waals surface area contributed by atoms with Gasteiger partial charge in [0.1, 0.15) is 5.82 Å². The van der Waals surface area contributed by atoms with Crippen molar-refractivity contribution in [1.82, 2.24) is 0 Å². The summed E-state index contributed by atoms with van der Waals surface area (Å²) in [6.07, 6.45) is 0.797. The van der Waals surface area contributed by atoms with Crippen LogP contribution < -0.4 is 0 Å². The second kappa shape index (κ2) is 5.45. The van der Waals surface area contributed by atoms with E-state index in [2.05, 4.69) is 25.6 Å². The third kappa shape index (κ3) is 2.40. The molecule has 1 N–H and O–H groups in total. The minimum absolute atomic E-state index is 0.0225. The van der Waals surface area contributed by atoms with E-state index in [-0.39, 0.29) is 24.3 Å². The maximum atomic E-state index is 13.7. The molecular weight excluding hydrogens is 263 g/mol. The Morgan fingerprint density at radius 1 is 1.19 bits per heavy atom. The minimum atomic E-state index is -0.208. The molecule has 0 saturated heterocycles. The van der Waals surface area contributed by atoms with Crippen molar-refractivity contribution in [3.05, 3.63) is 82.7 Å². The van der Waals surface area contributed by atoms with Crippen LogP contribution in [0.25, 0.3) is 0 Å². The molecule has 0 fully saturated rings. The first-order valence-corrected chi connectivity index (χ1v) is 7.26. The van der Waals surface area contributed by atoms with Crippen LogP contribution in [-0.2, 0) is 6.42 Å². The number of hydrogen-bond donors (Lipinski definition) is 1. The zero-order chi connectivity index (χ0) is 15.0. The maximum Gasteiger partial charge on any atom is 0.123 e. The third-order valence-electron chi connectivity index (χ3n) is 4.51. The van der Waals surface area contributed by atoms with Crippen LogP contribution in [0.3, 0.4) is 0 Å². The van der Waals surface area contributed by atoms with E-state index in [9.17, 15) is 9.50 Å². The van der Waals surface area contributed by atoms with Crippen LogP contribution in [0.15, 0.2) is 54.6 Å². The predicted octanol–water partition coefficient (Wildman–Crippen LogP) is 4.17. The van der Waals surface area contributed by atoms with E-state index in [0.29, 0.717) is 0 Å². The van der Waals surface area contributed by atoms with Gasteiger partial charge in [0.25, 0.3) is 0 Å². The molecule has 0 amide bonds. The van der Waals surface area contributed by atoms with Gasteiger partial charge in [-0.05, 0) is 52.3 Å². The average Bonchev–Trinajstić information content (AvgIpc) is 2.61. The molecule has 2 atom stereocenters. The number of halogens is 1. The smallest absolute Gasteiger partial charge is 0.123 e. The van der Waals surface area contributed by atoms with Crippen LogP contribution in [-0.4, -0.2) is 11.7 Å². The molecule has 0 aromatic heterocycles. The zero-order valence-corrected chi connectivity index (χ0v) is 12.1. The zero-order valence-electron chi connectivity index (χ0n) is 12.1. The largest absolute Gasteiger partial charge is 0.392 e. The van der Waals surface area contributed by atoms with E-state index in [1.54, 1.807) is 6.07 Å². The molecule has 1 nitrogen and oxygen atoms in total. The summed E-state index contributed by atoms with van der Waals surface area (Å²) in [6, 6.07) is 13.3. The van der Waals surface area contributed by atoms with Crippen LogP contribution >= 0.6 is 0 Å². The molecule has 1 aliphatic rings. The topological polar surface area (TPSA) is 20.2 Å². The Morgan fingerprint density at radius 3 is 2.67 bits per heavy atom. The lowest BCUT2D eigenvalue weighted by molar-refractivity contribution is 0.319. The molecule has 108 valence electrons. The summed E-state index contributed by atoms with van der Waals surface area (Å²) in [4.78, 5) is 0. The molecule has 2 aromatic carbocycles. The fourth-order valence-corrected chi connectivity index (χ4v) is 3.48. The van der Waals surface area contributed by atoms with E-state index < -0.39 is 0 Å². The van der Waals surface area contributed by atoms with Gasteiger partial charge in [0, 0.05) is 5.92 Å². The Hall–Kier alpha value is -1.93. The van der Waals surface area contributed by atoms with Gasteiger partial charge in [0.15, 0.2) is 0 Å². The quantitative estimate of drug-likeness (QED) is 0.820. The van der Waals surface area contributed by atoms with Crippen molar-refractivity contribution in [2.45, 2.75) is 25.2 Å². The van der Waals surface area contributed by atoms with Crippen molar-refractivity contribution in [3.63, 3.8) is 0 Å². The molecule has 2 heteroatoms. The molecule has 0 spiro atoms. The highest BCUT2D eigenvalue weighted by molar-refractivity contribution is 5.48. The highest BCUT2D eigenvalue weighted by Crippen LogP contribution is 2.43. The van der Waals surface area contributed by atoms with Gasteiger partial charge in [0.2, 0.25) is 0 Å². The van der Waals surface area contributed by atoms with Gasteiger partial charge in [-0.25, -0.2) is 4.39 Å². The lowest BCUT2D eigenvalue weighted by atomic mass is 9.78. The summed E-state index contributed by atoms with van der Waals surface area (Å²) in [5, 5.41) is 9.55. The Kier molecular flexibility index (Phi) is 3.64. The van der Waals surface area contributed by atoms with Gasteiger partial charge in [-0.2, -0.15) is 0 Å². The number of benzene rings is 2. The van der Waals surface area contributed by atoms with Crippen molar-refractivity contribution in [1.29, 1.82) is 0 Å². The van der Waals surface area contributed by atoms with E-state index in [1.165, 1.54) is 17.2 Å². The first-order valence-electron chi connectivity index (χ1n) is 7.26. The number of fused-ring (bicyclic) bond motifs is 2. The van der Waals surface area contributed by atoms with Gasteiger partial charge < -0.3 is 5.11 Å². The summed E-state index contributed by atoms with van der Waals surface area (Å²) >= 11 is 0. The highest BCUT2D eigenvalue weighted by Gasteiger charge is 2.30. The maximum absolute atomic E-state index is 13.7. The fraction of sp³-hybridized carbons (Fsp3) is 0.263. The Morgan fingerprint density at radius 2 is 1.90 bits per heavy atom.